The van der Waals surface area contributed by atoms with Crippen LogP contribution in [0.3, 0.4) is 0 Å². The average Bonchev–Trinajstić information content (AvgIpc) is 2.73. The topological polar surface area (TPSA) is 124 Å². The number of hydrogen-bond donors (Lipinski definition) is 2. The van der Waals surface area contributed by atoms with E-state index in [0.29, 0.717) is 0 Å². The monoisotopic (exact) mass is 315 g/mol. The largest absolute Gasteiger partial charge is 0.476 e. The van der Waals surface area contributed by atoms with Crippen molar-refractivity contribution in [2.24, 2.45) is 5.16 Å². The van der Waals surface area contributed by atoms with Gasteiger partial charge in [-0.2, -0.15) is 0 Å². The van der Waals surface area contributed by atoms with E-state index in [-0.39, 0.29) is 10.8 Å². The first-order chi connectivity index (χ1) is 9.60. The van der Waals surface area contributed by atoms with E-state index in [4.69, 9.17) is 20.4 Å². The summed E-state index contributed by atoms with van der Waals surface area (Å²) < 4.78 is 5.09. The Morgan fingerprint density at radius 1 is 1.48 bits per heavy atom. The number of carbonyl (C=O) groups is 2. The van der Waals surface area contributed by atoms with Crippen molar-refractivity contribution in [2.45, 2.75) is 39.4 Å². The number of anilines is 1. The fraction of sp³-hybridized carbons (Fsp3) is 0.500. The van der Waals surface area contributed by atoms with Crippen LogP contribution in [-0.2, 0) is 19.2 Å². The Hall–Kier alpha value is -2.16. The van der Waals surface area contributed by atoms with Crippen LogP contribution in [-0.4, -0.2) is 39.4 Å². The average molecular weight is 315 g/mol. The lowest BCUT2D eigenvalue weighted by Gasteiger charge is -2.21. The van der Waals surface area contributed by atoms with Crippen LogP contribution in [0.25, 0.3) is 0 Å². The van der Waals surface area contributed by atoms with Crippen LogP contribution in [0.4, 0.5) is 5.13 Å². The van der Waals surface area contributed by atoms with E-state index in [2.05, 4.69) is 10.1 Å². The van der Waals surface area contributed by atoms with E-state index in [9.17, 15) is 9.59 Å². The number of esters is 1. The molecule has 1 rings (SSSR count). The van der Waals surface area contributed by atoms with E-state index < -0.39 is 29.4 Å². The number of aromatic nitrogens is 1. The van der Waals surface area contributed by atoms with E-state index in [1.54, 1.807) is 20.8 Å². The predicted octanol–water partition coefficient (Wildman–Crippen LogP) is 1.26. The third-order valence-corrected chi connectivity index (χ3v) is 2.68. The van der Waals surface area contributed by atoms with Gasteiger partial charge >= 0.3 is 11.9 Å². The van der Waals surface area contributed by atoms with Gasteiger partial charge in [-0.15, -0.1) is 11.3 Å². The zero-order chi connectivity index (χ0) is 16.2. The molecule has 8 nitrogen and oxygen atoms in total. The first kappa shape index (κ1) is 16.9. The van der Waals surface area contributed by atoms with Gasteiger partial charge in [-0.05, 0) is 27.7 Å². The Kier molecular flexibility index (Phi) is 5.25. The minimum atomic E-state index is -1.34. The Bertz CT molecular complexity index is 561. The number of thiazole rings is 1. The van der Waals surface area contributed by atoms with Gasteiger partial charge in [0.1, 0.15) is 11.3 Å². The molecule has 0 fully saturated rings. The number of nitrogen functional groups attached to an aromatic ring is 1. The summed E-state index contributed by atoms with van der Waals surface area (Å²) in [6.45, 7) is 6.54. The molecule has 21 heavy (non-hydrogen) atoms. The van der Waals surface area contributed by atoms with Crippen LogP contribution >= 0.6 is 11.3 Å². The van der Waals surface area contributed by atoms with Crippen LogP contribution < -0.4 is 5.73 Å². The molecule has 0 aliphatic rings. The molecule has 1 aromatic rings. The molecule has 9 heteroatoms. The molecule has 0 bridgehead atoms. The standard InChI is InChI=1S/C12H17N3O5S/c1-6(10(18)19-12(2,3)4)20-15-8(9(16)17)7-5-21-11(13)14-7/h5-6H,1-4H3,(H2,13,14)(H,16,17)/b15-8-. The van der Waals surface area contributed by atoms with Gasteiger partial charge in [0.15, 0.2) is 5.13 Å². The Labute approximate surface area is 125 Å². The van der Waals surface area contributed by atoms with Crippen LogP contribution in [0.1, 0.15) is 33.4 Å². The summed E-state index contributed by atoms with van der Waals surface area (Å²) in [5, 5.41) is 14.2. The highest BCUT2D eigenvalue weighted by atomic mass is 32.1. The van der Waals surface area contributed by atoms with Crippen molar-refractivity contribution in [3.63, 3.8) is 0 Å². The van der Waals surface area contributed by atoms with Crippen LogP contribution in [0, 0.1) is 0 Å². The second-order valence-electron chi connectivity index (χ2n) is 5.10. The van der Waals surface area contributed by atoms with Crippen molar-refractivity contribution in [3.05, 3.63) is 11.1 Å². The number of carboxylic acid groups (broad SMARTS) is 1. The number of nitrogens with zero attached hydrogens (tertiary/aromatic N) is 2. The molecular weight excluding hydrogens is 298 g/mol. The van der Waals surface area contributed by atoms with E-state index in [1.165, 1.54) is 12.3 Å². The zero-order valence-electron chi connectivity index (χ0n) is 12.1. The molecule has 0 saturated heterocycles. The fourth-order valence-corrected chi connectivity index (χ4v) is 1.70. The minimum absolute atomic E-state index is 0.0707. The molecule has 1 atom stereocenters. The maximum Gasteiger partial charge on any atom is 0.360 e. The van der Waals surface area contributed by atoms with E-state index in [0.717, 1.165) is 11.3 Å². The van der Waals surface area contributed by atoms with Crippen LogP contribution in [0.2, 0.25) is 0 Å². The van der Waals surface area contributed by atoms with Crippen molar-refractivity contribution >= 4 is 34.1 Å². The lowest BCUT2D eigenvalue weighted by Crippen LogP contribution is -2.31. The summed E-state index contributed by atoms with van der Waals surface area (Å²) in [5.74, 6) is -1.98. The molecule has 0 aromatic carbocycles. The third kappa shape index (κ3) is 5.38. The molecule has 0 aliphatic heterocycles. The maximum absolute atomic E-state index is 11.7. The molecule has 1 unspecified atom stereocenters. The van der Waals surface area contributed by atoms with E-state index >= 15 is 0 Å². The smallest absolute Gasteiger partial charge is 0.360 e. The summed E-state index contributed by atoms with van der Waals surface area (Å²) in [5.41, 5.74) is 4.40. The van der Waals surface area contributed by atoms with Crippen LogP contribution in [0.15, 0.2) is 10.5 Å². The van der Waals surface area contributed by atoms with E-state index in [1.807, 2.05) is 0 Å². The summed E-state index contributed by atoms with van der Waals surface area (Å²) in [4.78, 5) is 31.5. The number of ether oxygens (including phenoxy) is 1. The van der Waals surface area contributed by atoms with Gasteiger partial charge in [-0.1, -0.05) is 5.16 Å². The molecule has 1 aromatic heterocycles. The van der Waals surface area contributed by atoms with Gasteiger partial charge < -0.3 is 20.4 Å². The van der Waals surface area contributed by atoms with Crippen molar-refractivity contribution in [3.8, 4) is 0 Å². The number of nitrogens with two attached hydrogens (primary N) is 1. The van der Waals surface area contributed by atoms with Crippen molar-refractivity contribution < 1.29 is 24.3 Å². The molecule has 1 heterocycles. The minimum Gasteiger partial charge on any atom is -0.476 e. The molecular formula is C12H17N3O5S. The molecule has 116 valence electrons. The summed E-state index contributed by atoms with van der Waals surface area (Å²) >= 11 is 1.07. The summed E-state index contributed by atoms with van der Waals surface area (Å²) in [6, 6.07) is 0. The highest BCUT2D eigenvalue weighted by Gasteiger charge is 2.24. The lowest BCUT2D eigenvalue weighted by atomic mass is 10.2. The zero-order valence-corrected chi connectivity index (χ0v) is 12.9. The molecule has 0 amide bonds. The van der Waals surface area contributed by atoms with Crippen molar-refractivity contribution in [2.75, 3.05) is 5.73 Å². The highest BCUT2D eigenvalue weighted by Crippen LogP contribution is 2.13. The summed E-state index contributed by atoms with van der Waals surface area (Å²) in [7, 11) is 0. The van der Waals surface area contributed by atoms with Crippen molar-refractivity contribution in [1.82, 2.24) is 4.98 Å². The van der Waals surface area contributed by atoms with Gasteiger partial charge in [0, 0.05) is 5.38 Å². The number of carboxylic acids is 1. The number of oxime groups is 1. The highest BCUT2D eigenvalue weighted by molar-refractivity contribution is 7.13. The lowest BCUT2D eigenvalue weighted by molar-refractivity contribution is -0.167. The molecule has 3 N–H and O–H groups in total. The Balaban J connectivity index is 2.80. The number of aliphatic carboxylic acids is 1. The Morgan fingerprint density at radius 2 is 2.10 bits per heavy atom. The first-order valence-corrected chi connectivity index (χ1v) is 6.89. The quantitative estimate of drug-likeness (QED) is 0.476. The predicted molar refractivity (Wildman–Crippen MR) is 77.1 cm³/mol. The number of rotatable bonds is 5. The van der Waals surface area contributed by atoms with Gasteiger partial charge in [0.25, 0.3) is 0 Å². The second kappa shape index (κ2) is 6.53. The maximum atomic E-state index is 11.7. The second-order valence-corrected chi connectivity index (χ2v) is 5.99. The number of hydrogen-bond acceptors (Lipinski definition) is 8. The van der Waals surface area contributed by atoms with Crippen LogP contribution in [0.5, 0.6) is 0 Å². The van der Waals surface area contributed by atoms with Gasteiger partial charge in [0.05, 0.1) is 0 Å². The molecule has 0 aliphatic carbocycles. The van der Waals surface area contributed by atoms with Gasteiger partial charge in [-0.3, -0.25) is 0 Å². The summed E-state index contributed by atoms with van der Waals surface area (Å²) in [6.07, 6.45) is -1.05. The fourth-order valence-electron chi connectivity index (χ4n) is 1.15. The normalized spacial score (nSPS) is 13.6. The first-order valence-electron chi connectivity index (χ1n) is 6.01. The van der Waals surface area contributed by atoms with Gasteiger partial charge in [-0.25, -0.2) is 14.6 Å². The molecule has 0 radical (unpaired) electrons. The Morgan fingerprint density at radius 3 is 2.52 bits per heavy atom. The molecule has 0 spiro atoms. The third-order valence-electron chi connectivity index (χ3n) is 2.01. The molecule has 0 saturated carbocycles. The SMILES string of the molecule is CC(O/N=C(\C(=O)O)c1csc(N)n1)C(=O)OC(C)(C)C. The van der Waals surface area contributed by atoms with Crippen molar-refractivity contribution in [1.29, 1.82) is 0 Å². The number of carbonyl (C=O) groups excluding carboxylic acids is 1. The van der Waals surface area contributed by atoms with Gasteiger partial charge in [0.2, 0.25) is 11.8 Å².